The van der Waals surface area contributed by atoms with Gasteiger partial charge in [-0.25, -0.2) is 4.39 Å². The smallest absolute Gasteiger partial charge is 0.130 e. The highest BCUT2D eigenvalue weighted by atomic mass is 35.5. The minimum absolute atomic E-state index is 0.338. The molecule has 1 heterocycles. The van der Waals surface area contributed by atoms with E-state index in [-0.39, 0.29) is 0 Å². The second-order valence-electron chi connectivity index (χ2n) is 3.85. The van der Waals surface area contributed by atoms with Gasteiger partial charge in [0, 0.05) is 23.7 Å². The third-order valence-electron chi connectivity index (χ3n) is 2.79. The fourth-order valence-electron chi connectivity index (χ4n) is 1.91. The van der Waals surface area contributed by atoms with Crippen molar-refractivity contribution in [1.29, 1.82) is 5.26 Å². The average molecular weight is 255 g/mol. The molecule has 1 unspecified atom stereocenters. The largest absolute Gasteiger partial charge is 0.379 e. The number of hydrogen-bond acceptors (Lipinski definition) is 3. The molecular weight excluding hydrogens is 243 g/mol. The molecule has 90 valence electrons. The normalized spacial score (nSPS) is 18.6. The molecule has 0 spiro atoms. The lowest BCUT2D eigenvalue weighted by atomic mass is 10.1. The van der Waals surface area contributed by atoms with Gasteiger partial charge in [-0.15, -0.1) is 0 Å². The lowest BCUT2D eigenvalue weighted by molar-refractivity contribution is 0.0261. The standard InChI is InChI=1S/C12H12ClFN2O/c13-9-1-2-10(11(14)7-9)12(8-15)16-3-5-17-6-4-16/h1-2,7,12H,3-6H2. The third-order valence-corrected chi connectivity index (χ3v) is 3.03. The first-order valence-electron chi connectivity index (χ1n) is 5.38. The molecule has 2 rings (SSSR count). The van der Waals surface area contributed by atoms with E-state index >= 15 is 0 Å². The first-order valence-corrected chi connectivity index (χ1v) is 5.76. The van der Waals surface area contributed by atoms with Crippen molar-refractivity contribution < 1.29 is 9.13 Å². The summed E-state index contributed by atoms with van der Waals surface area (Å²) >= 11 is 5.69. The third kappa shape index (κ3) is 2.75. The number of nitriles is 1. The molecular formula is C12H12ClFN2O. The predicted octanol–water partition coefficient (Wildman–Crippen LogP) is 2.38. The first kappa shape index (κ1) is 12.3. The number of hydrogen-bond donors (Lipinski definition) is 0. The monoisotopic (exact) mass is 254 g/mol. The van der Waals surface area contributed by atoms with Crippen molar-refractivity contribution in [3.8, 4) is 6.07 Å². The van der Waals surface area contributed by atoms with Gasteiger partial charge in [0.25, 0.3) is 0 Å². The summed E-state index contributed by atoms with van der Waals surface area (Å²) in [6.07, 6.45) is 0. The Labute approximate surface area is 104 Å². The first-order chi connectivity index (χ1) is 8.22. The maximum Gasteiger partial charge on any atom is 0.130 e. The fourth-order valence-corrected chi connectivity index (χ4v) is 2.07. The summed E-state index contributed by atoms with van der Waals surface area (Å²) in [5.74, 6) is -0.435. The van der Waals surface area contributed by atoms with Crippen molar-refractivity contribution in [3.05, 3.63) is 34.6 Å². The summed E-state index contributed by atoms with van der Waals surface area (Å²) < 4.78 is 19.0. The van der Waals surface area contributed by atoms with Gasteiger partial charge in [0.2, 0.25) is 0 Å². The molecule has 0 saturated carbocycles. The molecule has 0 aromatic heterocycles. The molecule has 0 N–H and O–H groups in total. The van der Waals surface area contributed by atoms with Gasteiger partial charge in [-0.3, -0.25) is 4.90 Å². The minimum Gasteiger partial charge on any atom is -0.379 e. The molecule has 1 fully saturated rings. The van der Waals surface area contributed by atoms with Gasteiger partial charge >= 0.3 is 0 Å². The lowest BCUT2D eigenvalue weighted by Gasteiger charge is -2.30. The molecule has 0 amide bonds. The molecule has 3 nitrogen and oxygen atoms in total. The van der Waals surface area contributed by atoms with Gasteiger partial charge in [-0.1, -0.05) is 17.7 Å². The van der Waals surface area contributed by atoms with Crippen molar-refractivity contribution in [2.75, 3.05) is 26.3 Å². The summed E-state index contributed by atoms with van der Waals surface area (Å²) in [5, 5.41) is 9.53. The molecule has 1 atom stereocenters. The number of nitrogens with zero attached hydrogens (tertiary/aromatic N) is 2. The Kier molecular flexibility index (Phi) is 3.95. The van der Waals surface area contributed by atoms with Crippen molar-refractivity contribution in [3.63, 3.8) is 0 Å². The van der Waals surface area contributed by atoms with E-state index in [1.165, 1.54) is 6.07 Å². The number of morpholine rings is 1. The summed E-state index contributed by atoms with van der Waals surface area (Å²) in [4.78, 5) is 1.91. The van der Waals surface area contributed by atoms with Crippen molar-refractivity contribution >= 4 is 11.6 Å². The van der Waals surface area contributed by atoms with E-state index in [0.717, 1.165) is 0 Å². The van der Waals surface area contributed by atoms with Crippen LogP contribution in [0.3, 0.4) is 0 Å². The number of benzene rings is 1. The number of ether oxygens (including phenoxy) is 1. The maximum absolute atomic E-state index is 13.7. The van der Waals surface area contributed by atoms with Crippen LogP contribution in [0.15, 0.2) is 18.2 Å². The van der Waals surface area contributed by atoms with Gasteiger partial charge in [0.05, 0.1) is 19.3 Å². The van der Waals surface area contributed by atoms with Gasteiger partial charge in [-0.2, -0.15) is 5.26 Å². The molecule has 1 aliphatic heterocycles. The van der Waals surface area contributed by atoms with Crippen LogP contribution in [-0.2, 0) is 4.74 Å². The Morgan fingerprint density at radius 2 is 2.12 bits per heavy atom. The highest BCUT2D eigenvalue weighted by Crippen LogP contribution is 2.25. The zero-order chi connectivity index (χ0) is 12.3. The molecule has 17 heavy (non-hydrogen) atoms. The summed E-state index contributed by atoms with van der Waals surface area (Å²) in [6, 6.07) is 5.97. The van der Waals surface area contributed by atoms with Crippen LogP contribution in [0.5, 0.6) is 0 Å². The van der Waals surface area contributed by atoms with Crippen LogP contribution in [0.1, 0.15) is 11.6 Å². The predicted molar refractivity (Wildman–Crippen MR) is 62.2 cm³/mol. The van der Waals surface area contributed by atoms with Gasteiger partial charge in [-0.05, 0) is 12.1 Å². The van der Waals surface area contributed by atoms with E-state index in [1.54, 1.807) is 12.1 Å². The van der Waals surface area contributed by atoms with E-state index in [1.807, 2.05) is 4.90 Å². The lowest BCUT2D eigenvalue weighted by Crippen LogP contribution is -2.38. The summed E-state index contributed by atoms with van der Waals surface area (Å²) in [7, 11) is 0. The molecule has 5 heteroatoms. The van der Waals surface area contributed by atoms with Crippen LogP contribution in [0, 0.1) is 17.1 Å². The Bertz CT molecular complexity index is 441. The average Bonchev–Trinajstić information content (AvgIpc) is 2.34. The van der Waals surface area contributed by atoms with Crippen molar-refractivity contribution in [2.45, 2.75) is 6.04 Å². The van der Waals surface area contributed by atoms with E-state index in [4.69, 9.17) is 16.3 Å². The van der Waals surface area contributed by atoms with Crippen LogP contribution >= 0.6 is 11.6 Å². The van der Waals surface area contributed by atoms with Crippen molar-refractivity contribution in [2.24, 2.45) is 0 Å². The highest BCUT2D eigenvalue weighted by Gasteiger charge is 2.24. The quantitative estimate of drug-likeness (QED) is 0.813. The van der Waals surface area contributed by atoms with Crippen LogP contribution in [0.25, 0.3) is 0 Å². The van der Waals surface area contributed by atoms with Crippen LogP contribution in [-0.4, -0.2) is 31.2 Å². The molecule has 0 radical (unpaired) electrons. The number of halogens is 2. The topological polar surface area (TPSA) is 36.3 Å². The molecule has 0 aliphatic carbocycles. The summed E-state index contributed by atoms with van der Waals surface area (Å²) in [5.41, 5.74) is 0.374. The van der Waals surface area contributed by atoms with Crippen LogP contribution in [0.4, 0.5) is 4.39 Å². The Morgan fingerprint density at radius 1 is 1.41 bits per heavy atom. The second kappa shape index (κ2) is 5.46. The maximum atomic E-state index is 13.7. The molecule has 0 bridgehead atoms. The van der Waals surface area contributed by atoms with Crippen LogP contribution < -0.4 is 0 Å². The van der Waals surface area contributed by atoms with E-state index in [2.05, 4.69) is 6.07 Å². The zero-order valence-electron chi connectivity index (χ0n) is 9.20. The highest BCUT2D eigenvalue weighted by molar-refractivity contribution is 6.30. The molecule has 1 saturated heterocycles. The van der Waals surface area contributed by atoms with E-state index in [0.29, 0.717) is 36.9 Å². The summed E-state index contributed by atoms with van der Waals surface area (Å²) in [6.45, 7) is 2.43. The van der Waals surface area contributed by atoms with Gasteiger partial charge < -0.3 is 4.74 Å². The number of rotatable bonds is 2. The van der Waals surface area contributed by atoms with Gasteiger partial charge in [0.1, 0.15) is 11.9 Å². The fraction of sp³-hybridized carbons (Fsp3) is 0.417. The molecule has 1 aliphatic rings. The van der Waals surface area contributed by atoms with Gasteiger partial charge in [0.15, 0.2) is 0 Å². The second-order valence-corrected chi connectivity index (χ2v) is 4.28. The molecule has 1 aromatic rings. The Morgan fingerprint density at radius 3 is 2.71 bits per heavy atom. The molecule has 1 aromatic carbocycles. The zero-order valence-corrected chi connectivity index (χ0v) is 9.95. The van der Waals surface area contributed by atoms with Crippen LogP contribution in [0.2, 0.25) is 5.02 Å². The van der Waals surface area contributed by atoms with Crippen molar-refractivity contribution in [1.82, 2.24) is 4.90 Å². The Balaban J connectivity index is 2.25. The minimum atomic E-state index is -0.573. The SMILES string of the molecule is N#CC(c1ccc(Cl)cc1F)N1CCOCC1. The van der Waals surface area contributed by atoms with E-state index < -0.39 is 11.9 Å². The Hall–Kier alpha value is -1.15. The van der Waals surface area contributed by atoms with E-state index in [9.17, 15) is 9.65 Å².